The summed E-state index contributed by atoms with van der Waals surface area (Å²) in [5.41, 5.74) is 1.53. The van der Waals surface area contributed by atoms with Gasteiger partial charge in [-0.25, -0.2) is 16.8 Å². The van der Waals surface area contributed by atoms with Crippen molar-refractivity contribution in [3.63, 3.8) is 0 Å². The molecular weight excluding hydrogens is 369 g/mol. The maximum Gasteiger partial charge on any atom is 0.243 e. The summed E-state index contributed by atoms with van der Waals surface area (Å²) in [7, 11) is -3.63. The van der Waals surface area contributed by atoms with E-state index < -0.39 is 15.8 Å². The summed E-state index contributed by atoms with van der Waals surface area (Å²) in [4.78, 5) is 0. The van der Waals surface area contributed by atoms with Gasteiger partial charge in [-0.2, -0.15) is 0 Å². The summed E-state index contributed by atoms with van der Waals surface area (Å²) in [5.74, 6) is -0.576. The van der Waals surface area contributed by atoms with E-state index in [1.807, 2.05) is 6.07 Å². The van der Waals surface area contributed by atoms with Crippen molar-refractivity contribution in [1.82, 2.24) is 3.97 Å². The number of hydrogen-bond acceptors (Lipinski definition) is 2. The summed E-state index contributed by atoms with van der Waals surface area (Å²) >= 11 is 3.21. The van der Waals surface area contributed by atoms with Gasteiger partial charge in [0.05, 0.1) is 11.3 Å². The summed E-state index contributed by atoms with van der Waals surface area (Å²) in [6.07, 6.45) is 0. The van der Waals surface area contributed by atoms with Crippen molar-refractivity contribution in [1.29, 1.82) is 0 Å². The van der Waals surface area contributed by atoms with Crippen LogP contribution in [0.2, 0.25) is 0 Å². The third-order valence-electron chi connectivity index (χ3n) is 3.43. The quantitative estimate of drug-likeness (QED) is 0.680. The highest BCUT2D eigenvalue weighted by Crippen LogP contribution is 2.28. The van der Waals surface area contributed by atoms with E-state index in [0.717, 1.165) is 0 Å². The first-order valence-corrected chi connectivity index (χ1v) is 9.03. The molecule has 1 heterocycles. The summed E-state index contributed by atoms with van der Waals surface area (Å²) < 4.78 is 41.2. The van der Waals surface area contributed by atoms with Crippen molar-refractivity contribution in [2.24, 2.45) is 0 Å². The largest absolute Gasteiger partial charge is 0.243 e. The maximum absolute atomic E-state index is 14.0. The third-order valence-corrected chi connectivity index (χ3v) is 5.63. The number of benzene rings is 2. The lowest BCUT2D eigenvalue weighted by atomic mass is 10.2. The molecule has 0 N–H and O–H groups in total. The number of hydrogen-bond donors (Lipinski definition) is 0. The van der Waals surface area contributed by atoms with E-state index in [1.165, 1.54) is 10.0 Å². The lowest BCUT2D eigenvalue weighted by Crippen LogP contribution is -2.16. The number of nitrogens with zero attached hydrogens (tertiary/aromatic N) is 1. The second-order valence-electron chi connectivity index (χ2n) is 5.11. The summed E-state index contributed by atoms with van der Waals surface area (Å²) in [6, 6.07) is 13.4. The Morgan fingerprint density at radius 3 is 2.50 bits per heavy atom. The van der Waals surface area contributed by atoms with Gasteiger partial charge in [0.2, 0.25) is 10.0 Å². The number of aromatic nitrogens is 1. The monoisotopic (exact) mass is 381 g/mol. The van der Waals surface area contributed by atoms with Gasteiger partial charge in [0, 0.05) is 15.6 Å². The third kappa shape index (κ3) is 2.68. The standard InChI is InChI=1S/C16H13BrFNO2S/c1-11-7-14-15(18)8-13(17)9-16(14)19(11)22(20,21)10-12-5-3-2-4-6-12/h2-9H,10H2,1H3. The van der Waals surface area contributed by atoms with Crippen molar-refractivity contribution in [3.05, 3.63) is 70.1 Å². The van der Waals surface area contributed by atoms with Crippen LogP contribution in [0.15, 0.2) is 53.0 Å². The molecule has 22 heavy (non-hydrogen) atoms. The molecule has 0 atom stereocenters. The minimum absolute atomic E-state index is 0.132. The van der Waals surface area contributed by atoms with Gasteiger partial charge in [0.15, 0.2) is 0 Å². The molecule has 3 rings (SSSR count). The Labute approximate surface area is 136 Å². The maximum atomic E-state index is 14.0. The van der Waals surface area contributed by atoms with Gasteiger partial charge in [0.1, 0.15) is 5.82 Å². The molecule has 0 amide bonds. The van der Waals surface area contributed by atoms with E-state index in [4.69, 9.17) is 0 Å². The fraction of sp³-hybridized carbons (Fsp3) is 0.125. The Hall–Kier alpha value is -1.66. The Kier molecular flexibility index (Phi) is 3.82. The van der Waals surface area contributed by atoms with Crippen molar-refractivity contribution >= 4 is 36.9 Å². The van der Waals surface area contributed by atoms with Crippen LogP contribution in [0, 0.1) is 12.7 Å². The van der Waals surface area contributed by atoms with Crippen LogP contribution >= 0.6 is 15.9 Å². The Bertz CT molecular complexity index is 949. The Morgan fingerprint density at radius 1 is 1.14 bits per heavy atom. The Morgan fingerprint density at radius 2 is 1.82 bits per heavy atom. The minimum Gasteiger partial charge on any atom is -0.242 e. The highest BCUT2D eigenvalue weighted by molar-refractivity contribution is 9.10. The van der Waals surface area contributed by atoms with E-state index in [0.29, 0.717) is 26.6 Å². The topological polar surface area (TPSA) is 39.1 Å². The minimum atomic E-state index is -3.63. The molecule has 6 heteroatoms. The molecule has 0 unspecified atom stereocenters. The van der Waals surface area contributed by atoms with Gasteiger partial charge >= 0.3 is 0 Å². The molecular formula is C16H13BrFNO2S. The zero-order chi connectivity index (χ0) is 15.9. The van der Waals surface area contributed by atoms with E-state index in [1.54, 1.807) is 43.3 Å². The molecule has 0 bridgehead atoms. The fourth-order valence-electron chi connectivity index (χ4n) is 2.56. The SMILES string of the molecule is Cc1cc2c(F)cc(Br)cc2n1S(=O)(=O)Cc1ccccc1. The van der Waals surface area contributed by atoms with Crippen molar-refractivity contribution < 1.29 is 12.8 Å². The summed E-state index contributed by atoms with van der Waals surface area (Å²) in [5, 5.41) is 0.303. The highest BCUT2D eigenvalue weighted by atomic mass is 79.9. The van der Waals surface area contributed by atoms with Crippen molar-refractivity contribution in [2.75, 3.05) is 0 Å². The molecule has 0 fully saturated rings. The molecule has 1 aromatic heterocycles. The van der Waals surface area contributed by atoms with Crippen LogP contribution in [0.3, 0.4) is 0 Å². The lowest BCUT2D eigenvalue weighted by Gasteiger charge is -2.10. The predicted octanol–water partition coefficient (Wildman–Crippen LogP) is 4.23. The molecule has 0 saturated heterocycles. The molecule has 0 aliphatic rings. The van der Waals surface area contributed by atoms with E-state index in [-0.39, 0.29) is 5.75 Å². The zero-order valence-electron chi connectivity index (χ0n) is 11.8. The van der Waals surface area contributed by atoms with E-state index in [2.05, 4.69) is 15.9 Å². The van der Waals surface area contributed by atoms with Gasteiger partial charge in [-0.1, -0.05) is 46.3 Å². The van der Waals surface area contributed by atoms with Gasteiger partial charge < -0.3 is 0 Å². The molecule has 0 spiro atoms. The first kappa shape index (κ1) is 15.2. The zero-order valence-corrected chi connectivity index (χ0v) is 14.2. The van der Waals surface area contributed by atoms with Crippen LogP contribution in [0.25, 0.3) is 10.9 Å². The molecule has 0 aliphatic heterocycles. The van der Waals surface area contributed by atoms with Gasteiger partial charge in [-0.05, 0) is 30.7 Å². The highest BCUT2D eigenvalue weighted by Gasteiger charge is 2.21. The lowest BCUT2D eigenvalue weighted by molar-refractivity contribution is 0.587. The average molecular weight is 382 g/mol. The van der Waals surface area contributed by atoms with Gasteiger partial charge in [0.25, 0.3) is 0 Å². The van der Waals surface area contributed by atoms with E-state index >= 15 is 0 Å². The average Bonchev–Trinajstić information content (AvgIpc) is 2.76. The van der Waals surface area contributed by atoms with Crippen LogP contribution < -0.4 is 0 Å². The van der Waals surface area contributed by atoms with Crippen LogP contribution in [-0.2, 0) is 15.8 Å². The smallest absolute Gasteiger partial charge is 0.242 e. The number of halogens is 2. The fourth-order valence-corrected chi connectivity index (χ4v) is 4.66. The van der Waals surface area contributed by atoms with Crippen molar-refractivity contribution in [2.45, 2.75) is 12.7 Å². The molecule has 114 valence electrons. The van der Waals surface area contributed by atoms with Crippen LogP contribution in [0.5, 0.6) is 0 Å². The molecule has 0 saturated carbocycles. The molecule has 0 aliphatic carbocycles. The summed E-state index contributed by atoms with van der Waals surface area (Å²) in [6.45, 7) is 1.66. The first-order valence-electron chi connectivity index (χ1n) is 6.63. The van der Waals surface area contributed by atoms with Crippen molar-refractivity contribution in [3.8, 4) is 0 Å². The normalized spacial score (nSPS) is 12.0. The van der Waals surface area contributed by atoms with Crippen LogP contribution in [0.1, 0.15) is 11.3 Å². The second-order valence-corrected chi connectivity index (χ2v) is 7.85. The molecule has 3 nitrogen and oxygen atoms in total. The number of fused-ring (bicyclic) bond motifs is 1. The van der Waals surface area contributed by atoms with Gasteiger partial charge in [-0.15, -0.1) is 0 Å². The number of aryl methyl sites for hydroxylation is 1. The van der Waals surface area contributed by atoms with Crippen LogP contribution in [0.4, 0.5) is 4.39 Å². The number of rotatable bonds is 3. The second kappa shape index (κ2) is 5.52. The Balaban J connectivity index is 2.19. The van der Waals surface area contributed by atoms with Crippen LogP contribution in [-0.4, -0.2) is 12.4 Å². The molecule has 0 radical (unpaired) electrons. The van der Waals surface area contributed by atoms with Gasteiger partial charge in [-0.3, -0.25) is 0 Å². The first-order chi connectivity index (χ1) is 10.4. The molecule has 3 aromatic rings. The molecule has 2 aromatic carbocycles. The van der Waals surface area contributed by atoms with E-state index in [9.17, 15) is 12.8 Å². The predicted molar refractivity (Wildman–Crippen MR) is 88.8 cm³/mol.